The van der Waals surface area contributed by atoms with Gasteiger partial charge in [0.25, 0.3) is 0 Å². The lowest BCUT2D eigenvalue weighted by Crippen LogP contribution is -2.07. The van der Waals surface area contributed by atoms with Crippen LogP contribution in [-0.4, -0.2) is 21.5 Å². The van der Waals surface area contributed by atoms with Crippen molar-refractivity contribution in [3.05, 3.63) is 70.8 Å². The van der Waals surface area contributed by atoms with Gasteiger partial charge in [0.1, 0.15) is 28.6 Å². The van der Waals surface area contributed by atoms with Crippen LogP contribution < -0.4 is 10.1 Å². The molecule has 0 aliphatic carbocycles. The molecular formula is C19H16ClN5O. The average molecular weight is 366 g/mol. The Bertz CT molecular complexity index is 900. The Kier molecular flexibility index (Phi) is 5.62. The predicted molar refractivity (Wildman–Crippen MR) is 99.4 cm³/mol. The number of rotatable bonds is 6. The molecule has 0 aliphatic rings. The van der Waals surface area contributed by atoms with E-state index in [-0.39, 0.29) is 0 Å². The van der Waals surface area contributed by atoms with Crippen molar-refractivity contribution in [1.82, 2.24) is 15.0 Å². The third-order valence-corrected chi connectivity index (χ3v) is 3.73. The number of nitrogens with zero attached hydrogens (tertiary/aromatic N) is 4. The van der Waals surface area contributed by atoms with Crippen LogP contribution in [0.4, 0.5) is 5.82 Å². The number of halogens is 1. The number of nitrogens with one attached hydrogen (secondary N) is 1. The van der Waals surface area contributed by atoms with Crippen molar-refractivity contribution in [2.45, 2.75) is 13.3 Å². The van der Waals surface area contributed by atoms with Gasteiger partial charge in [-0.1, -0.05) is 23.7 Å². The number of nitriles is 1. The monoisotopic (exact) mass is 365 g/mol. The van der Waals surface area contributed by atoms with Crippen LogP contribution >= 0.6 is 11.6 Å². The molecule has 2 heterocycles. The molecule has 2 aromatic heterocycles. The first-order valence-corrected chi connectivity index (χ1v) is 8.38. The minimum absolute atomic E-state index is 0.429. The summed E-state index contributed by atoms with van der Waals surface area (Å²) < 4.78 is 5.67. The second-order valence-electron chi connectivity index (χ2n) is 5.54. The third-order valence-electron chi connectivity index (χ3n) is 3.54. The Morgan fingerprint density at radius 3 is 2.62 bits per heavy atom. The summed E-state index contributed by atoms with van der Waals surface area (Å²) in [7, 11) is 0. The molecule has 130 valence electrons. The molecule has 6 nitrogen and oxygen atoms in total. The Balaban J connectivity index is 1.53. The van der Waals surface area contributed by atoms with Crippen LogP contribution in [0, 0.1) is 18.3 Å². The molecule has 0 spiro atoms. The molecule has 1 N–H and O–H groups in total. The van der Waals surface area contributed by atoms with E-state index >= 15 is 0 Å². The first-order valence-electron chi connectivity index (χ1n) is 8.00. The van der Waals surface area contributed by atoms with Gasteiger partial charge in [-0.15, -0.1) is 0 Å². The summed E-state index contributed by atoms with van der Waals surface area (Å²) in [5.41, 5.74) is 1.66. The van der Waals surface area contributed by atoms with Crippen LogP contribution in [0.1, 0.15) is 17.0 Å². The van der Waals surface area contributed by atoms with Crippen molar-refractivity contribution in [1.29, 1.82) is 5.26 Å². The Labute approximate surface area is 156 Å². The Hall–Kier alpha value is -3.17. The van der Waals surface area contributed by atoms with Crippen molar-refractivity contribution in [2.75, 3.05) is 11.9 Å². The van der Waals surface area contributed by atoms with Gasteiger partial charge in [0.2, 0.25) is 5.88 Å². The zero-order valence-corrected chi connectivity index (χ0v) is 14.9. The SMILES string of the molecule is Cc1nc(Cl)cc(NCCc2ccc(Oc3ccc(C#N)cn3)cc2)n1. The molecule has 0 fully saturated rings. The Morgan fingerprint density at radius 1 is 1.15 bits per heavy atom. The lowest BCUT2D eigenvalue weighted by molar-refractivity contribution is 0.462. The molecule has 3 rings (SSSR count). The maximum absolute atomic E-state index is 8.77. The maximum Gasteiger partial charge on any atom is 0.219 e. The molecule has 7 heteroatoms. The molecule has 0 saturated heterocycles. The fourth-order valence-corrected chi connectivity index (χ4v) is 2.53. The van der Waals surface area contributed by atoms with Crippen molar-refractivity contribution >= 4 is 17.4 Å². The van der Waals surface area contributed by atoms with E-state index in [0.717, 1.165) is 18.5 Å². The lowest BCUT2D eigenvalue weighted by Gasteiger charge is -2.08. The number of hydrogen-bond acceptors (Lipinski definition) is 6. The van der Waals surface area contributed by atoms with E-state index in [0.29, 0.717) is 34.0 Å². The predicted octanol–water partition coefficient (Wildman–Crippen LogP) is 4.15. The summed E-state index contributed by atoms with van der Waals surface area (Å²) in [4.78, 5) is 12.4. The Morgan fingerprint density at radius 2 is 1.96 bits per heavy atom. The van der Waals surface area contributed by atoms with Gasteiger partial charge in [0, 0.05) is 24.9 Å². The molecular weight excluding hydrogens is 350 g/mol. The van der Waals surface area contributed by atoms with Crippen LogP contribution in [0.3, 0.4) is 0 Å². The van der Waals surface area contributed by atoms with Gasteiger partial charge < -0.3 is 10.1 Å². The fourth-order valence-electron chi connectivity index (χ4n) is 2.31. The highest BCUT2D eigenvalue weighted by Gasteiger charge is 2.02. The summed E-state index contributed by atoms with van der Waals surface area (Å²) in [5, 5.41) is 12.4. The van der Waals surface area contributed by atoms with Gasteiger partial charge in [-0.05, 0) is 37.1 Å². The van der Waals surface area contributed by atoms with Gasteiger partial charge >= 0.3 is 0 Å². The number of anilines is 1. The topological polar surface area (TPSA) is 83.7 Å². The van der Waals surface area contributed by atoms with E-state index in [1.807, 2.05) is 30.3 Å². The standard InChI is InChI=1S/C19H16ClN5O/c1-13-24-17(20)10-18(25-13)22-9-8-14-2-5-16(6-3-14)26-19-7-4-15(11-21)12-23-19/h2-7,10,12H,8-9H2,1H3,(H,22,24,25). The highest BCUT2D eigenvalue weighted by Crippen LogP contribution is 2.20. The van der Waals surface area contributed by atoms with Gasteiger partial charge in [-0.2, -0.15) is 5.26 Å². The molecule has 0 bridgehead atoms. The zero-order valence-electron chi connectivity index (χ0n) is 14.1. The summed E-state index contributed by atoms with van der Waals surface area (Å²) in [6.45, 7) is 2.53. The lowest BCUT2D eigenvalue weighted by atomic mass is 10.1. The molecule has 0 aliphatic heterocycles. The van der Waals surface area contributed by atoms with E-state index in [4.69, 9.17) is 21.6 Å². The van der Waals surface area contributed by atoms with E-state index < -0.39 is 0 Å². The van der Waals surface area contributed by atoms with Crippen LogP contribution in [-0.2, 0) is 6.42 Å². The van der Waals surface area contributed by atoms with Gasteiger partial charge in [0.05, 0.1) is 5.56 Å². The molecule has 3 aromatic rings. The van der Waals surface area contributed by atoms with E-state index in [9.17, 15) is 0 Å². The summed E-state index contributed by atoms with van der Waals surface area (Å²) >= 11 is 5.92. The summed E-state index contributed by atoms with van der Waals surface area (Å²) in [6, 6.07) is 14.8. The molecule has 1 aromatic carbocycles. The van der Waals surface area contributed by atoms with Crippen LogP contribution in [0.25, 0.3) is 0 Å². The van der Waals surface area contributed by atoms with Gasteiger partial charge in [-0.3, -0.25) is 0 Å². The molecule has 0 unspecified atom stereocenters. The number of pyridine rings is 1. The van der Waals surface area contributed by atoms with E-state index in [1.54, 1.807) is 25.1 Å². The number of hydrogen-bond donors (Lipinski definition) is 1. The first kappa shape index (κ1) is 17.6. The largest absolute Gasteiger partial charge is 0.439 e. The average Bonchev–Trinajstić information content (AvgIpc) is 2.63. The maximum atomic E-state index is 8.77. The second kappa shape index (κ2) is 8.28. The third kappa shape index (κ3) is 4.91. The van der Waals surface area contributed by atoms with Crippen LogP contribution in [0.15, 0.2) is 48.7 Å². The molecule has 26 heavy (non-hydrogen) atoms. The van der Waals surface area contributed by atoms with Crippen LogP contribution in [0.5, 0.6) is 11.6 Å². The minimum atomic E-state index is 0.429. The molecule has 0 amide bonds. The highest BCUT2D eigenvalue weighted by atomic mass is 35.5. The van der Waals surface area contributed by atoms with Gasteiger partial charge in [-0.25, -0.2) is 15.0 Å². The fraction of sp³-hybridized carbons (Fsp3) is 0.158. The number of benzene rings is 1. The highest BCUT2D eigenvalue weighted by molar-refractivity contribution is 6.29. The van der Waals surface area contributed by atoms with E-state index in [2.05, 4.69) is 20.3 Å². The second-order valence-corrected chi connectivity index (χ2v) is 5.93. The molecule has 0 radical (unpaired) electrons. The normalized spacial score (nSPS) is 10.2. The van der Waals surface area contributed by atoms with Crippen molar-refractivity contribution in [3.8, 4) is 17.7 Å². The van der Waals surface area contributed by atoms with Crippen molar-refractivity contribution in [2.24, 2.45) is 0 Å². The van der Waals surface area contributed by atoms with E-state index in [1.165, 1.54) is 6.20 Å². The summed E-state index contributed by atoms with van der Waals surface area (Å²) in [6.07, 6.45) is 2.31. The zero-order chi connectivity index (χ0) is 18.4. The molecule has 0 saturated carbocycles. The van der Waals surface area contributed by atoms with Crippen LogP contribution in [0.2, 0.25) is 5.15 Å². The number of aryl methyl sites for hydroxylation is 1. The van der Waals surface area contributed by atoms with Crippen molar-refractivity contribution in [3.63, 3.8) is 0 Å². The quantitative estimate of drug-likeness (QED) is 0.660. The number of aromatic nitrogens is 3. The summed E-state index contributed by atoms with van der Waals surface area (Å²) in [5.74, 6) is 2.50. The minimum Gasteiger partial charge on any atom is -0.439 e. The van der Waals surface area contributed by atoms with Gasteiger partial charge in [0.15, 0.2) is 0 Å². The first-order chi connectivity index (χ1) is 12.6. The smallest absolute Gasteiger partial charge is 0.219 e. The number of ether oxygens (including phenoxy) is 1. The van der Waals surface area contributed by atoms with Crippen molar-refractivity contribution < 1.29 is 4.74 Å². The molecule has 0 atom stereocenters.